The van der Waals surface area contributed by atoms with Crippen molar-refractivity contribution < 1.29 is 10.2 Å². The Labute approximate surface area is 162 Å². The van der Waals surface area contributed by atoms with Crippen LogP contribution in [0.1, 0.15) is 80.1 Å². The largest absolute Gasteiger partial charge is 0.392 e. The average Bonchev–Trinajstić information content (AvgIpc) is 2.65. The maximum Gasteiger partial charge on any atom is 0.0639 e. The van der Waals surface area contributed by atoms with Gasteiger partial charge >= 0.3 is 0 Å². The fourth-order valence-electron chi connectivity index (χ4n) is 2.06. The molecule has 0 atom stereocenters. The van der Waals surface area contributed by atoms with Gasteiger partial charge in [0.05, 0.1) is 13.2 Å². The van der Waals surface area contributed by atoms with Gasteiger partial charge in [-0.05, 0) is 80.1 Å². The van der Waals surface area contributed by atoms with Crippen molar-refractivity contribution in [2.75, 3.05) is 13.2 Å². The fourth-order valence-corrected chi connectivity index (χ4v) is 2.06. The molecule has 0 aromatic carbocycles. The van der Waals surface area contributed by atoms with Crippen LogP contribution in [0.4, 0.5) is 0 Å². The minimum absolute atomic E-state index is 0.184. The van der Waals surface area contributed by atoms with E-state index in [9.17, 15) is 0 Å². The molecule has 0 fully saturated rings. The Bertz CT molecular complexity index is 476. The lowest BCUT2D eigenvalue weighted by molar-refractivity contribution is 0.330. The molecule has 26 heavy (non-hydrogen) atoms. The monoisotopic (exact) mass is 362 g/mol. The van der Waals surface area contributed by atoms with E-state index < -0.39 is 0 Å². The molecule has 0 aromatic heterocycles. The van der Waals surface area contributed by atoms with E-state index in [1.54, 1.807) is 0 Å². The first-order valence-electron chi connectivity index (χ1n) is 9.82. The molecule has 0 amide bonds. The summed E-state index contributed by atoms with van der Waals surface area (Å²) in [6, 6.07) is 0. The molecule has 0 saturated carbocycles. The molecule has 2 N–H and O–H groups in total. The smallest absolute Gasteiger partial charge is 0.0639 e. The SMILES string of the molecule is CC=C(C)CCC=C(C)CCC=C(C)CO.CC=CCCC=C(C)CO. The maximum absolute atomic E-state index is 8.84. The molecule has 0 rings (SSSR count). The molecule has 0 unspecified atom stereocenters. The minimum atomic E-state index is 0.184. The third-order valence-corrected chi connectivity index (χ3v) is 4.12. The van der Waals surface area contributed by atoms with E-state index in [2.05, 4.69) is 51.2 Å². The third-order valence-electron chi connectivity index (χ3n) is 4.12. The summed E-state index contributed by atoms with van der Waals surface area (Å²) in [5, 5.41) is 17.4. The Morgan fingerprint density at radius 2 is 1.08 bits per heavy atom. The summed E-state index contributed by atoms with van der Waals surface area (Å²) >= 11 is 0. The molecular weight excluding hydrogens is 320 g/mol. The van der Waals surface area contributed by atoms with E-state index >= 15 is 0 Å². The first-order valence-corrected chi connectivity index (χ1v) is 9.82. The Hall–Kier alpha value is -1.38. The number of rotatable bonds is 11. The van der Waals surface area contributed by atoms with Gasteiger partial charge in [0.25, 0.3) is 0 Å². The summed E-state index contributed by atoms with van der Waals surface area (Å²) in [6.45, 7) is 12.8. The van der Waals surface area contributed by atoms with Crippen LogP contribution in [0.3, 0.4) is 0 Å². The highest BCUT2D eigenvalue weighted by atomic mass is 16.3. The number of aliphatic hydroxyl groups is 2. The fraction of sp³-hybridized carbons (Fsp3) is 0.583. The molecule has 0 heterocycles. The average molecular weight is 363 g/mol. The summed E-state index contributed by atoms with van der Waals surface area (Å²) in [5.41, 5.74) is 5.04. The minimum Gasteiger partial charge on any atom is -0.392 e. The van der Waals surface area contributed by atoms with Gasteiger partial charge in [-0.3, -0.25) is 0 Å². The topological polar surface area (TPSA) is 40.5 Å². The van der Waals surface area contributed by atoms with Crippen molar-refractivity contribution >= 4 is 0 Å². The molecule has 150 valence electrons. The van der Waals surface area contributed by atoms with Crippen LogP contribution in [0.2, 0.25) is 0 Å². The highest BCUT2D eigenvalue weighted by molar-refractivity contribution is 5.05. The van der Waals surface area contributed by atoms with Crippen molar-refractivity contribution in [2.45, 2.75) is 80.1 Å². The summed E-state index contributed by atoms with van der Waals surface area (Å²) in [6.07, 6.45) is 19.4. The summed E-state index contributed by atoms with van der Waals surface area (Å²) < 4.78 is 0. The van der Waals surface area contributed by atoms with Crippen LogP contribution in [-0.4, -0.2) is 23.4 Å². The molecule has 0 aliphatic carbocycles. The number of unbranched alkanes of at least 4 members (excludes halogenated alkanes) is 1. The lowest BCUT2D eigenvalue weighted by Crippen LogP contribution is -1.84. The van der Waals surface area contributed by atoms with Crippen LogP contribution < -0.4 is 0 Å². The van der Waals surface area contributed by atoms with Crippen LogP contribution >= 0.6 is 0 Å². The van der Waals surface area contributed by atoms with E-state index in [0.29, 0.717) is 0 Å². The van der Waals surface area contributed by atoms with E-state index in [1.165, 1.54) is 17.6 Å². The molecule has 0 saturated heterocycles. The van der Waals surface area contributed by atoms with Crippen LogP contribution in [0.15, 0.2) is 58.7 Å². The lowest BCUT2D eigenvalue weighted by atomic mass is 10.1. The molecule has 0 spiro atoms. The Morgan fingerprint density at radius 1 is 0.615 bits per heavy atom. The zero-order valence-corrected chi connectivity index (χ0v) is 18.0. The summed E-state index contributed by atoms with van der Waals surface area (Å²) in [7, 11) is 0. The van der Waals surface area contributed by atoms with E-state index in [1.807, 2.05) is 26.8 Å². The molecule has 0 bridgehead atoms. The predicted molar refractivity (Wildman–Crippen MR) is 117 cm³/mol. The van der Waals surface area contributed by atoms with Gasteiger partial charge in [0.1, 0.15) is 0 Å². The van der Waals surface area contributed by atoms with Gasteiger partial charge in [-0.1, -0.05) is 58.7 Å². The zero-order chi connectivity index (χ0) is 20.2. The Morgan fingerprint density at radius 3 is 1.54 bits per heavy atom. The number of allylic oxidation sites excluding steroid dienone is 8. The summed E-state index contributed by atoms with van der Waals surface area (Å²) in [5.74, 6) is 0. The van der Waals surface area contributed by atoms with Gasteiger partial charge in [-0.15, -0.1) is 0 Å². The molecule has 0 aromatic rings. The second-order valence-electron chi connectivity index (χ2n) is 6.83. The Balaban J connectivity index is 0. The van der Waals surface area contributed by atoms with Crippen LogP contribution in [-0.2, 0) is 0 Å². The number of hydrogen-bond donors (Lipinski definition) is 2. The van der Waals surface area contributed by atoms with Crippen molar-refractivity contribution in [3.63, 3.8) is 0 Å². The molecular formula is C24H42O2. The van der Waals surface area contributed by atoms with E-state index in [-0.39, 0.29) is 13.2 Å². The van der Waals surface area contributed by atoms with E-state index in [4.69, 9.17) is 10.2 Å². The second-order valence-corrected chi connectivity index (χ2v) is 6.83. The molecule has 2 heteroatoms. The zero-order valence-electron chi connectivity index (χ0n) is 18.0. The highest BCUT2D eigenvalue weighted by Crippen LogP contribution is 2.11. The van der Waals surface area contributed by atoms with Gasteiger partial charge in [-0.25, -0.2) is 0 Å². The van der Waals surface area contributed by atoms with E-state index in [0.717, 1.165) is 43.3 Å². The maximum atomic E-state index is 8.84. The number of aliphatic hydroxyl groups excluding tert-OH is 2. The standard InChI is InChI=1S/C15H26O.C9H16O/c1-5-13(2)8-6-9-14(3)10-7-11-15(4)12-16;1-3-4-5-6-7-9(2)8-10/h5,9,11,16H,6-8,10,12H2,1-4H3;3-4,7,10H,5-6,8H2,1-2H3. The van der Waals surface area contributed by atoms with Gasteiger partial charge in [0.2, 0.25) is 0 Å². The third kappa shape index (κ3) is 20.7. The van der Waals surface area contributed by atoms with Gasteiger partial charge in [0, 0.05) is 0 Å². The highest BCUT2D eigenvalue weighted by Gasteiger charge is 1.91. The van der Waals surface area contributed by atoms with Crippen molar-refractivity contribution in [3.8, 4) is 0 Å². The lowest BCUT2D eigenvalue weighted by Gasteiger charge is -2.01. The molecule has 2 nitrogen and oxygen atoms in total. The molecule has 0 aliphatic heterocycles. The van der Waals surface area contributed by atoms with Crippen molar-refractivity contribution in [1.82, 2.24) is 0 Å². The molecule has 0 radical (unpaired) electrons. The summed E-state index contributed by atoms with van der Waals surface area (Å²) in [4.78, 5) is 0. The second kappa shape index (κ2) is 19.9. The van der Waals surface area contributed by atoms with Gasteiger partial charge in [-0.2, -0.15) is 0 Å². The first-order chi connectivity index (χ1) is 12.4. The van der Waals surface area contributed by atoms with Gasteiger partial charge < -0.3 is 10.2 Å². The van der Waals surface area contributed by atoms with Crippen LogP contribution in [0, 0.1) is 0 Å². The van der Waals surface area contributed by atoms with Crippen molar-refractivity contribution in [1.29, 1.82) is 0 Å². The van der Waals surface area contributed by atoms with Crippen LogP contribution in [0.5, 0.6) is 0 Å². The van der Waals surface area contributed by atoms with Crippen molar-refractivity contribution in [3.05, 3.63) is 58.7 Å². The predicted octanol–water partition coefficient (Wildman–Crippen LogP) is 6.68. The normalized spacial score (nSPS) is 13.8. The van der Waals surface area contributed by atoms with Gasteiger partial charge in [0.15, 0.2) is 0 Å². The quantitative estimate of drug-likeness (QED) is 0.318. The Kier molecular flexibility index (Phi) is 20.6. The first kappa shape index (κ1) is 26.8. The van der Waals surface area contributed by atoms with Crippen LogP contribution in [0.25, 0.3) is 0 Å². The number of hydrogen-bond acceptors (Lipinski definition) is 2. The molecule has 0 aliphatic rings. The van der Waals surface area contributed by atoms with Crippen molar-refractivity contribution in [2.24, 2.45) is 0 Å².